The second-order valence-corrected chi connectivity index (χ2v) is 6.18. The van der Waals surface area contributed by atoms with Crippen LogP contribution in [0.4, 0.5) is 16.2 Å². The molecule has 6 heteroatoms. The lowest BCUT2D eigenvalue weighted by molar-refractivity contribution is 0.252. The van der Waals surface area contributed by atoms with E-state index in [9.17, 15) is 4.79 Å². The highest BCUT2D eigenvalue weighted by Crippen LogP contribution is 2.21. The Hall–Kier alpha value is -1.53. The standard InChI is InChI=1S/C12H12BrN3OS/c13-11-6-5-10(18-11)7-15-12(17)16-9-3-1-8(14)2-4-9/h1-6H,7,14H2,(H2,15,16,17). The van der Waals surface area contributed by atoms with E-state index in [2.05, 4.69) is 26.6 Å². The highest BCUT2D eigenvalue weighted by Gasteiger charge is 2.03. The number of nitrogen functional groups attached to an aromatic ring is 1. The molecule has 4 nitrogen and oxygen atoms in total. The molecule has 0 aliphatic rings. The van der Waals surface area contributed by atoms with E-state index in [0.717, 1.165) is 8.66 Å². The van der Waals surface area contributed by atoms with Gasteiger partial charge in [0.2, 0.25) is 0 Å². The largest absolute Gasteiger partial charge is 0.399 e. The number of rotatable bonds is 3. The third-order valence-corrected chi connectivity index (χ3v) is 3.84. The van der Waals surface area contributed by atoms with Crippen molar-refractivity contribution in [1.29, 1.82) is 0 Å². The van der Waals surface area contributed by atoms with Crippen LogP contribution in [0.2, 0.25) is 0 Å². The van der Waals surface area contributed by atoms with Crippen molar-refractivity contribution in [2.75, 3.05) is 11.1 Å². The van der Waals surface area contributed by atoms with Crippen molar-refractivity contribution in [1.82, 2.24) is 5.32 Å². The Labute approximate surface area is 117 Å². The minimum atomic E-state index is -0.232. The van der Waals surface area contributed by atoms with Gasteiger partial charge in [-0.2, -0.15) is 0 Å². The number of nitrogens with one attached hydrogen (secondary N) is 2. The van der Waals surface area contributed by atoms with Gasteiger partial charge >= 0.3 is 6.03 Å². The first-order valence-electron chi connectivity index (χ1n) is 5.28. The molecule has 0 aliphatic heterocycles. The van der Waals surface area contributed by atoms with Gasteiger partial charge in [0.05, 0.1) is 10.3 Å². The molecule has 0 saturated heterocycles. The van der Waals surface area contributed by atoms with E-state index in [0.29, 0.717) is 17.9 Å². The molecule has 1 aromatic carbocycles. The molecule has 2 aromatic rings. The van der Waals surface area contributed by atoms with Crippen molar-refractivity contribution in [3.05, 3.63) is 45.1 Å². The van der Waals surface area contributed by atoms with Crippen molar-refractivity contribution in [3.8, 4) is 0 Å². The minimum Gasteiger partial charge on any atom is -0.399 e. The van der Waals surface area contributed by atoms with Crippen LogP contribution in [0.1, 0.15) is 4.88 Å². The van der Waals surface area contributed by atoms with Crippen molar-refractivity contribution in [2.24, 2.45) is 0 Å². The zero-order chi connectivity index (χ0) is 13.0. The lowest BCUT2D eigenvalue weighted by atomic mass is 10.3. The van der Waals surface area contributed by atoms with Crippen molar-refractivity contribution in [3.63, 3.8) is 0 Å². The van der Waals surface area contributed by atoms with Crippen molar-refractivity contribution >= 4 is 44.7 Å². The van der Waals surface area contributed by atoms with Gasteiger partial charge in [0.25, 0.3) is 0 Å². The number of carbonyl (C=O) groups excluding carboxylic acids is 1. The molecule has 0 atom stereocenters. The van der Waals surface area contributed by atoms with E-state index in [1.54, 1.807) is 35.6 Å². The van der Waals surface area contributed by atoms with Gasteiger partial charge in [0, 0.05) is 16.3 Å². The van der Waals surface area contributed by atoms with Crippen LogP contribution in [0, 0.1) is 0 Å². The molecule has 0 unspecified atom stereocenters. The molecule has 0 spiro atoms. The molecular weight excluding hydrogens is 314 g/mol. The summed E-state index contributed by atoms with van der Waals surface area (Å²) < 4.78 is 1.05. The molecular formula is C12H12BrN3OS. The lowest BCUT2D eigenvalue weighted by Crippen LogP contribution is -2.27. The summed E-state index contributed by atoms with van der Waals surface area (Å²) in [5.41, 5.74) is 6.95. The summed E-state index contributed by atoms with van der Waals surface area (Å²) >= 11 is 4.97. The Morgan fingerprint density at radius 1 is 1.22 bits per heavy atom. The molecule has 2 rings (SSSR count). The monoisotopic (exact) mass is 325 g/mol. The first-order valence-corrected chi connectivity index (χ1v) is 6.89. The van der Waals surface area contributed by atoms with Gasteiger partial charge in [-0.25, -0.2) is 4.79 Å². The van der Waals surface area contributed by atoms with Crippen molar-refractivity contribution < 1.29 is 4.79 Å². The Balaban J connectivity index is 1.83. The number of benzene rings is 1. The highest BCUT2D eigenvalue weighted by atomic mass is 79.9. The molecule has 18 heavy (non-hydrogen) atoms. The Bertz CT molecular complexity index is 539. The van der Waals surface area contributed by atoms with Gasteiger partial charge in [-0.15, -0.1) is 11.3 Å². The summed E-state index contributed by atoms with van der Waals surface area (Å²) in [5.74, 6) is 0. The number of nitrogens with two attached hydrogens (primary N) is 1. The fraction of sp³-hybridized carbons (Fsp3) is 0.0833. The normalized spacial score (nSPS) is 10.1. The van der Waals surface area contributed by atoms with Gasteiger partial charge in [-0.3, -0.25) is 0 Å². The van der Waals surface area contributed by atoms with Gasteiger partial charge in [-0.05, 0) is 52.3 Å². The van der Waals surface area contributed by atoms with E-state index in [-0.39, 0.29) is 6.03 Å². The average molecular weight is 326 g/mol. The molecule has 2 amide bonds. The Morgan fingerprint density at radius 3 is 2.56 bits per heavy atom. The third-order valence-electron chi connectivity index (χ3n) is 2.22. The second kappa shape index (κ2) is 5.88. The molecule has 0 aliphatic carbocycles. The minimum absolute atomic E-state index is 0.232. The summed E-state index contributed by atoms with van der Waals surface area (Å²) in [7, 11) is 0. The fourth-order valence-corrected chi connectivity index (χ4v) is 2.78. The summed E-state index contributed by atoms with van der Waals surface area (Å²) in [6.45, 7) is 0.511. The van der Waals surface area contributed by atoms with Crippen LogP contribution in [0.15, 0.2) is 40.2 Å². The molecule has 0 radical (unpaired) electrons. The van der Waals surface area contributed by atoms with Gasteiger partial charge < -0.3 is 16.4 Å². The zero-order valence-electron chi connectivity index (χ0n) is 9.44. The van der Waals surface area contributed by atoms with Crippen LogP contribution in [0.25, 0.3) is 0 Å². The average Bonchev–Trinajstić information content (AvgIpc) is 2.76. The van der Waals surface area contributed by atoms with Crippen LogP contribution < -0.4 is 16.4 Å². The molecule has 1 heterocycles. The van der Waals surface area contributed by atoms with Crippen LogP contribution in [-0.4, -0.2) is 6.03 Å². The van der Waals surface area contributed by atoms with Crippen LogP contribution in [0.3, 0.4) is 0 Å². The van der Waals surface area contributed by atoms with E-state index in [4.69, 9.17) is 5.73 Å². The summed E-state index contributed by atoms with van der Waals surface area (Å²) in [6, 6.07) is 10.7. The van der Waals surface area contributed by atoms with E-state index < -0.39 is 0 Å². The maximum absolute atomic E-state index is 11.6. The summed E-state index contributed by atoms with van der Waals surface area (Å²) in [4.78, 5) is 12.7. The predicted octanol–water partition coefficient (Wildman–Crippen LogP) is 3.41. The number of thiophene rings is 1. The van der Waals surface area contributed by atoms with Gasteiger partial charge in [0.1, 0.15) is 0 Å². The van der Waals surface area contributed by atoms with E-state index in [1.807, 2.05) is 12.1 Å². The SMILES string of the molecule is Nc1ccc(NC(=O)NCc2ccc(Br)s2)cc1. The Morgan fingerprint density at radius 2 is 1.94 bits per heavy atom. The maximum Gasteiger partial charge on any atom is 0.319 e. The van der Waals surface area contributed by atoms with Crippen molar-refractivity contribution in [2.45, 2.75) is 6.54 Å². The number of anilines is 2. The molecule has 0 saturated carbocycles. The van der Waals surface area contributed by atoms with Crippen LogP contribution >= 0.6 is 27.3 Å². The Kier molecular flexibility index (Phi) is 4.22. The molecule has 1 aromatic heterocycles. The number of hydrogen-bond acceptors (Lipinski definition) is 3. The number of carbonyl (C=O) groups is 1. The van der Waals surface area contributed by atoms with E-state index in [1.165, 1.54) is 0 Å². The molecule has 4 N–H and O–H groups in total. The molecule has 0 bridgehead atoms. The topological polar surface area (TPSA) is 67.1 Å². The smallest absolute Gasteiger partial charge is 0.319 e. The number of amides is 2. The van der Waals surface area contributed by atoms with Gasteiger partial charge in [-0.1, -0.05) is 0 Å². The number of urea groups is 1. The molecule has 0 fully saturated rings. The maximum atomic E-state index is 11.6. The van der Waals surface area contributed by atoms with Gasteiger partial charge in [0.15, 0.2) is 0 Å². The fourth-order valence-electron chi connectivity index (χ4n) is 1.36. The lowest BCUT2D eigenvalue weighted by Gasteiger charge is -2.06. The zero-order valence-corrected chi connectivity index (χ0v) is 11.8. The number of hydrogen-bond donors (Lipinski definition) is 3. The van der Waals surface area contributed by atoms with Crippen LogP contribution in [-0.2, 0) is 6.54 Å². The summed E-state index contributed by atoms with van der Waals surface area (Å²) in [5, 5.41) is 5.52. The first kappa shape index (κ1) is 12.9. The summed E-state index contributed by atoms with van der Waals surface area (Å²) in [6.07, 6.45) is 0. The third kappa shape index (κ3) is 3.75. The quantitative estimate of drug-likeness (QED) is 0.757. The predicted molar refractivity (Wildman–Crippen MR) is 78.7 cm³/mol. The first-order chi connectivity index (χ1) is 8.63. The number of halogens is 1. The molecule has 94 valence electrons. The second-order valence-electron chi connectivity index (χ2n) is 3.64. The van der Waals surface area contributed by atoms with Crippen LogP contribution in [0.5, 0.6) is 0 Å². The highest BCUT2D eigenvalue weighted by molar-refractivity contribution is 9.11. The van der Waals surface area contributed by atoms with E-state index >= 15 is 0 Å².